The van der Waals surface area contributed by atoms with E-state index < -0.39 is 52.9 Å². The molecule has 7 nitrogen and oxygen atoms in total. The fourth-order valence-electron chi connectivity index (χ4n) is 5.40. The van der Waals surface area contributed by atoms with Gasteiger partial charge >= 0.3 is 5.97 Å². The van der Waals surface area contributed by atoms with Crippen LogP contribution < -0.4 is 0 Å². The zero-order valence-corrected chi connectivity index (χ0v) is 14.1. The van der Waals surface area contributed by atoms with Gasteiger partial charge in [-0.25, -0.2) is 0 Å². The number of hydrogen-bond donors (Lipinski definition) is 3. The average Bonchev–Trinajstić information content (AvgIpc) is 3.30. The maximum atomic E-state index is 11.6. The average molecular weight is 340 g/mol. The zero-order chi connectivity index (χ0) is 17.5. The van der Waals surface area contributed by atoms with Gasteiger partial charge in [-0.15, -0.1) is 0 Å². The molecule has 7 heteroatoms. The SMILES string of the molecule is CC(=O)OC1C(O)C2OC3C=C(C)C(O)CC3(CO)C1(C)C21CO1. The van der Waals surface area contributed by atoms with Crippen molar-refractivity contribution in [1.82, 2.24) is 0 Å². The summed E-state index contributed by atoms with van der Waals surface area (Å²) in [4.78, 5) is 11.6. The third-order valence-electron chi connectivity index (χ3n) is 6.93. The van der Waals surface area contributed by atoms with Gasteiger partial charge in [0.2, 0.25) is 0 Å². The number of epoxide rings is 1. The van der Waals surface area contributed by atoms with Crippen LogP contribution in [0.15, 0.2) is 11.6 Å². The lowest BCUT2D eigenvalue weighted by Gasteiger charge is -2.58. The van der Waals surface area contributed by atoms with Crippen LogP contribution in [-0.2, 0) is 19.0 Å². The summed E-state index contributed by atoms with van der Waals surface area (Å²) in [6.45, 7) is 5.09. The van der Waals surface area contributed by atoms with Gasteiger partial charge in [-0.3, -0.25) is 4.79 Å². The van der Waals surface area contributed by atoms with Crippen molar-refractivity contribution in [2.75, 3.05) is 13.2 Å². The molecule has 3 N–H and O–H groups in total. The molecule has 8 atom stereocenters. The highest BCUT2D eigenvalue weighted by Crippen LogP contribution is 2.71. The van der Waals surface area contributed by atoms with E-state index in [-0.39, 0.29) is 13.0 Å². The van der Waals surface area contributed by atoms with Crippen molar-refractivity contribution in [2.24, 2.45) is 10.8 Å². The number of esters is 1. The van der Waals surface area contributed by atoms with E-state index in [0.717, 1.165) is 5.57 Å². The van der Waals surface area contributed by atoms with Gasteiger partial charge in [0.05, 0.1) is 30.8 Å². The number of carbonyl (C=O) groups excluding carboxylic acids is 1. The molecule has 8 unspecified atom stereocenters. The van der Waals surface area contributed by atoms with E-state index >= 15 is 0 Å². The Hall–Kier alpha value is -0.990. The summed E-state index contributed by atoms with van der Waals surface area (Å²) in [6, 6.07) is 0. The molecular weight excluding hydrogens is 316 g/mol. The standard InChI is InChI=1S/C17H24O7/c1-8-4-11-16(6-18,5-10(8)20)15(3)13(23-9(2)19)12(21)14(24-11)17(15)7-22-17/h4,10-14,18,20-21H,5-7H2,1-3H3. The Bertz CT molecular complexity index is 612. The minimum absolute atomic E-state index is 0.259. The van der Waals surface area contributed by atoms with Crippen molar-refractivity contribution in [3.8, 4) is 0 Å². The van der Waals surface area contributed by atoms with Gasteiger partial charge in [0.15, 0.2) is 0 Å². The lowest BCUT2D eigenvalue weighted by atomic mass is 9.51. The van der Waals surface area contributed by atoms with Gasteiger partial charge < -0.3 is 29.5 Å². The predicted octanol–water partition coefficient (Wildman–Crippen LogP) is -0.475. The maximum absolute atomic E-state index is 11.6. The first-order valence-electron chi connectivity index (χ1n) is 8.35. The predicted molar refractivity (Wildman–Crippen MR) is 80.9 cm³/mol. The molecule has 0 radical (unpaired) electrons. The monoisotopic (exact) mass is 340 g/mol. The van der Waals surface area contributed by atoms with E-state index in [1.54, 1.807) is 0 Å². The number of ether oxygens (including phenoxy) is 3. The Morgan fingerprint density at radius 2 is 2.12 bits per heavy atom. The first-order valence-corrected chi connectivity index (χ1v) is 8.35. The van der Waals surface area contributed by atoms with Crippen LogP contribution in [0, 0.1) is 10.8 Å². The quantitative estimate of drug-likeness (QED) is 0.354. The first-order chi connectivity index (χ1) is 11.2. The summed E-state index contributed by atoms with van der Waals surface area (Å²) in [5, 5.41) is 31.6. The van der Waals surface area contributed by atoms with Gasteiger partial charge in [0, 0.05) is 12.3 Å². The van der Waals surface area contributed by atoms with Crippen LogP contribution >= 0.6 is 0 Å². The highest BCUT2D eigenvalue weighted by molar-refractivity contribution is 5.66. The number of carbonyl (C=O) groups is 1. The van der Waals surface area contributed by atoms with Gasteiger partial charge in [-0.2, -0.15) is 0 Å². The normalized spacial score (nSPS) is 55.1. The topological polar surface area (TPSA) is 109 Å². The number of aliphatic hydroxyl groups excluding tert-OH is 3. The maximum Gasteiger partial charge on any atom is 0.303 e. The van der Waals surface area contributed by atoms with Gasteiger partial charge in [-0.05, 0) is 18.9 Å². The lowest BCUT2D eigenvalue weighted by molar-refractivity contribution is -0.236. The zero-order valence-electron chi connectivity index (χ0n) is 14.1. The highest BCUT2D eigenvalue weighted by Gasteiger charge is 2.85. The Labute approximate surface area is 140 Å². The van der Waals surface area contributed by atoms with Crippen LogP contribution in [0.2, 0.25) is 0 Å². The summed E-state index contributed by atoms with van der Waals surface area (Å²) in [6.07, 6.45) is -1.66. The Morgan fingerprint density at radius 3 is 2.67 bits per heavy atom. The first kappa shape index (κ1) is 16.5. The smallest absolute Gasteiger partial charge is 0.303 e. The van der Waals surface area contributed by atoms with Crippen LogP contribution in [-0.4, -0.2) is 70.6 Å². The van der Waals surface area contributed by atoms with E-state index in [2.05, 4.69) is 0 Å². The van der Waals surface area contributed by atoms with Gasteiger partial charge in [0.25, 0.3) is 0 Å². The van der Waals surface area contributed by atoms with Crippen molar-refractivity contribution in [2.45, 2.75) is 63.3 Å². The molecule has 0 amide bonds. The van der Waals surface area contributed by atoms with E-state index in [1.165, 1.54) is 6.92 Å². The molecule has 134 valence electrons. The summed E-state index contributed by atoms with van der Waals surface area (Å²) in [5.41, 5.74) is -1.80. The molecule has 3 fully saturated rings. The van der Waals surface area contributed by atoms with Crippen LogP contribution in [0.25, 0.3) is 0 Å². The van der Waals surface area contributed by atoms with Crippen molar-refractivity contribution < 1.29 is 34.3 Å². The number of rotatable bonds is 2. The Morgan fingerprint density at radius 1 is 1.46 bits per heavy atom. The third kappa shape index (κ3) is 1.62. The molecule has 0 aromatic carbocycles. The molecule has 4 aliphatic rings. The van der Waals surface area contributed by atoms with Crippen molar-refractivity contribution >= 4 is 5.97 Å². The van der Waals surface area contributed by atoms with Crippen LogP contribution in [0.3, 0.4) is 0 Å². The molecule has 1 saturated carbocycles. The summed E-state index contributed by atoms with van der Waals surface area (Å²) >= 11 is 0. The summed E-state index contributed by atoms with van der Waals surface area (Å²) in [7, 11) is 0. The fourth-order valence-corrected chi connectivity index (χ4v) is 5.40. The minimum Gasteiger partial charge on any atom is -0.459 e. The second-order valence-electron chi connectivity index (χ2n) is 7.82. The number of aliphatic hydroxyl groups is 3. The van der Waals surface area contributed by atoms with Gasteiger partial charge in [-0.1, -0.05) is 13.0 Å². The molecule has 4 rings (SSSR count). The van der Waals surface area contributed by atoms with E-state index in [9.17, 15) is 20.1 Å². The number of fused-ring (bicyclic) bond motifs is 2. The summed E-state index contributed by atoms with van der Waals surface area (Å²) in [5.74, 6) is -0.503. The van der Waals surface area contributed by atoms with Crippen LogP contribution in [0.5, 0.6) is 0 Å². The van der Waals surface area contributed by atoms with Crippen LogP contribution in [0.4, 0.5) is 0 Å². The fraction of sp³-hybridized carbons (Fsp3) is 0.824. The van der Waals surface area contributed by atoms with Gasteiger partial charge in [0.1, 0.15) is 23.9 Å². The Kier molecular flexibility index (Phi) is 3.29. The van der Waals surface area contributed by atoms with Crippen molar-refractivity contribution in [1.29, 1.82) is 0 Å². The molecule has 2 aliphatic heterocycles. The minimum atomic E-state index is -1.04. The second kappa shape index (κ2) is 4.80. The molecule has 2 bridgehead atoms. The third-order valence-corrected chi connectivity index (χ3v) is 6.93. The Balaban J connectivity index is 1.90. The van der Waals surface area contributed by atoms with E-state index in [1.807, 2.05) is 19.9 Å². The summed E-state index contributed by atoms with van der Waals surface area (Å²) < 4.78 is 17.4. The second-order valence-corrected chi connectivity index (χ2v) is 7.82. The highest BCUT2D eigenvalue weighted by atomic mass is 16.7. The molecule has 0 aromatic rings. The van der Waals surface area contributed by atoms with Crippen LogP contribution in [0.1, 0.15) is 27.2 Å². The number of hydrogen-bond acceptors (Lipinski definition) is 7. The van der Waals surface area contributed by atoms with E-state index in [0.29, 0.717) is 6.61 Å². The molecular formula is C17H24O7. The molecule has 1 spiro atoms. The molecule has 2 saturated heterocycles. The lowest BCUT2D eigenvalue weighted by Crippen LogP contribution is -2.67. The van der Waals surface area contributed by atoms with Crippen molar-refractivity contribution in [3.63, 3.8) is 0 Å². The molecule has 2 aliphatic carbocycles. The molecule has 2 heterocycles. The molecule has 0 aromatic heterocycles. The largest absolute Gasteiger partial charge is 0.459 e. The van der Waals surface area contributed by atoms with E-state index in [4.69, 9.17) is 14.2 Å². The molecule has 24 heavy (non-hydrogen) atoms. The van der Waals surface area contributed by atoms with Crippen molar-refractivity contribution in [3.05, 3.63) is 11.6 Å².